The molecule has 3 atom stereocenters. The minimum absolute atomic E-state index is 0.159. The lowest BCUT2D eigenvalue weighted by Crippen LogP contribution is -2.37. The lowest BCUT2D eigenvalue weighted by atomic mass is 10.0. The Balaban J connectivity index is 2.07. The molecular weight excluding hydrogens is 430 g/mol. The highest BCUT2D eigenvalue weighted by atomic mass is 32.2. The van der Waals surface area contributed by atoms with Crippen LogP contribution in [0.5, 0.6) is 0 Å². The summed E-state index contributed by atoms with van der Waals surface area (Å²) in [5.74, 6) is 0. The molecule has 0 bridgehead atoms. The molecule has 0 saturated heterocycles. The molecule has 0 amide bonds. The molecule has 0 aromatic heterocycles. The molecule has 3 aromatic rings. The number of aliphatic hydroxyl groups is 1. The van der Waals surface area contributed by atoms with Gasteiger partial charge < -0.3 is 5.11 Å². The Morgan fingerprint density at radius 2 is 1.52 bits per heavy atom. The third kappa shape index (κ3) is 5.77. The van der Waals surface area contributed by atoms with Gasteiger partial charge in [-0.25, -0.2) is 17.3 Å². The van der Waals surface area contributed by atoms with Gasteiger partial charge in [0.2, 0.25) is 0 Å². The molecule has 0 saturated carbocycles. The molecular formula is C24H25NO4S2. The highest BCUT2D eigenvalue weighted by molar-refractivity contribution is 7.92. The van der Waals surface area contributed by atoms with Crippen molar-refractivity contribution in [2.75, 3.05) is 6.61 Å². The first kappa shape index (κ1) is 23.1. The molecule has 7 heteroatoms. The summed E-state index contributed by atoms with van der Waals surface area (Å²) < 4.78 is 43.2. The summed E-state index contributed by atoms with van der Waals surface area (Å²) in [6.07, 6.45) is 2.86. The van der Waals surface area contributed by atoms with Gasteiger partial charge in [0.05, 0.1) is 22.4 Å². The summed E-state index contributed by atoms with van der Waals surface area (Å²) in [5, 5.41) is 8.24. The van der Waals surface area contributed by atoms with Crippen LogP contribution in [0.2, 0.25) is 0 Å². The quantitative estimate of drug-likeness (QED) is 0.482. The van der Waals surface area contributed by atoms with Gasteiger partial charge in [0.1, 0.15) is 16.2 Å². The first-order valence-electron chi connectivity index (χ1n) is 9.79. The summed E-state index contributed by atoms with van der Waals surface area (Å²) in [6.45, 7) is 1.64. The van der Waals surface area contributed by atoms with Gasteiger partial charge >= 0.3 is 0 Å². The Hall–Kier alpha value is -2.58. The first-order chi connectivity index (χ1) is 14.9. The van der Waals surface area contributed by atoms with Gasteiger partial charge in [0.25, 0.3) is 0 Å². The zero-order valence-electron chi connectivity index (χ0n) is 17.1. The molecule has 0 aliphatic heterocycles. The molecule has 2 N–H and O–H groups in total. The predicted molar refractivity (Wildman–Crippen MR) is 124 cm³/mol. The number of aryl methyl sites for hydroxylation is 1. The number of rotatable bonds is 9. The highest BCUT2D eigenvalue weighted by Crippen LogP contribution is 2.29. The van der Waals surface area contributed by atoms with E-state index in [0.29, 0.717) is 10.5 Å². The minimum Gasteiger partial charge on any atom is -0.392 e. The summed E-state index contributed by atoms with van der Waals surface area (Å²) in [5.41, 5.74) is 1.71. The van der Waals surface area contributed by atoms with Crippen molar-refractivity contribution in [2.24, 2.45) is 0 Å². The fourth-order valence-electron chi connectivity index (χ4n) is 3.19. The minimum atomic E-state index is -3.85. The second-order valence-electron chi connectivity index (χ2n) is 7.02. The summed E-state index contributed by atoms with van der Waals surface area (Å²) in [4.78, 5) is 0.708. The van der Waals surface area contributed by atoms with Crippen molar-refractivity contribution < 1.29 is 17.7 Å². The van der Waals surface area contributed by atoms with E-state index < -0.39 is 32.1 Å². The number of benzene rings is 3. The van der Waals surface area contributed by atoms with Crippen molar-refractivity contribution in [3.8, 4) is 0 Å². The molecule has 1 unspecified atom stereocenters. The van der Waals surface area contributed by atoms with E-state index >= 15 is 0 Å². The first-order valence-corrected chi connectivity index (χ1v) is 12.5. The normalized spacial score (nSPS) is 14.9. The molecule has 0 heterocycles. The van der Waals surface area contributed by atoms with Gasteiger partial charge in [-0.15, -0.1) is 0 Å². The summed E-state index contributed by atoms with van der Waals surface area (Å²) in [7, 11) is -5.50. The fourth-order valence-corrected chi connectivity index (χ4v) is 6.06. The van der Waals surface area contributed by atoms with E-state index in [9.17, 15) is 17.7 Å². The lowest BCUT2D eigenvalue weighted by molar-refractivity contribution is 0.342. The van der Waals surface area contributed by atoms with E-state index in [1.54, 1.807) is 54.6 Å². The Bertz CT molecular complexity index is 1130. The van der Waals surface area contributed by atoms with Crippen LogP contribution in [0.3, 0.4) is 0 Å². The van der Waals surface area contributed by atoms with Crippen LogP contribution in [0.25, 0.3) is 0 Å². The van der Waals surface area contributed by atoms with E-state index in [2.05, 4.69) is 4.72 Å². The molecule has 5 nitrogen and oxygen atoms in total. The van der Waals surface area contributed by atoms with Gasteiger partial charge in [-0.2, -0.15) is 0 Å². The van der Waals surface area contributed by atoms with Gasteiger partial charge in [-0.05, 0) is 36.8 Å². The van der Waals surface area contributed by atoms with E-state index in [1.165, 1.54) is 24.3 Å². The van der Waals surface area contributed by atoms with Crippen LogP contribution < -0.4 is 4.72 Å². The summed E-state index contributed by atoms with van der Waals surface area (Å²) >= 11 is 0. The van der Waals surface area contributed by atoms with Crippen LogP contribution in [0, 0.1) is 6.92 Å². The predicted octanol–water partition coefficient (Wildman–Crippen LogP) is 3.74. The second kappa shape index (κ2) is 10.6. The molecule has 0 fully saturated rings. The van der Waals surface area contributed by atoms with Crippen LogP contribution in [-0.4, -0.2) is 29.6 Å². The van der Waals surface area contributed by atoms with Crippen LogP contribution in [-0.2, 0) is 20.8 Å². The Labute approximate surface area is 186 Å². The van der Waals surface area contributed by atoms with E-state index in [4.69, 9.17) is 0 Å². The SMILES string of the molecule is Cc1ccc(S(=O)N[C@H](c2ccccc2)[C@H](/C=C\CO)S(=O)(=O)c2ccccc2)cc1. The number of hydrogen-bond acceptors (Lipinski definition) is 4. The topological polar surface area (TPSA) is 83.5 Å². The molecule has 162 valence electrons. The van der Waals surface area contributed by atoms with Gasteiger partial charge in [0, 0.05) is 0 Å². The number of aliphatic hydroxyl groups excluding tert-OH is 1. The van der Waals surface area contributed by atoms with Gasteiger partial charge in [0.15, 0.2) is 9.84 Å². The molecule has 3 aromatic carbocycles. The van der Waals surface area contributed by atoms with Crippen LogP contribution >= 0.6 is 0 Å². The molecule has 31 heavy (non-hydrogen) atoms. The van der Waals surface area contributed by atoms with Crippen LogP contribution in [0.15, 0.2) is 107 Å². The maximum absolute atomic E-state index is 13.5. The maximum Gasteiger partial charge on any atom is 0.186 e. The molecule has 0 spiro atoms. The van der Waals surface area contributed by atoms with Gasteiger partial charge in [-0.1, -0.05) is 78.4 Å². The molecule has 0 aliphatic rings. The van der Waals surface area contributed by atoms with Gasteiger partial charge in [-0.3, -0.25) is 0 Å². The van der Waals surface area contributed by atoms with Crippen molar-refractivity contribution in [3.05, 3.63) is 108 Å². The van der Waals surface area contributed by atoms with E-state index in [1.807, 2.05) is 25.1 Å². The Morgan fingerprint density at radius 1 is 0.935 bits per heavy atom. The molecule has 0 aliphatic carbocycles. The monoisotopic (exact) mass is 455 g/mol. The molecule has 3 rings (SSSR count). The average Bonchev–Trinajstić information content (AvgIpc) is 2.80. The average molecular weight is 456 g/mol. The standard InChI is InChI=1S/C24H25NO4S2/c1-19-14-16-21(17-15-19)30(27)25-24(20-9-4-2-5-10-20)23(13-8-18-26)31(28,29)22-11-6-3-7-12-22/h2-17,23-26H,18H2,1H3/b13-8-/t23-,24+,30?/m0/s1. The number of sulfone groups is 1. The second-order valence-corrected chi connectivity index (χ2v) is 10.4. The molecule has 0 radical (unpaired) electrons. The van der Waals surface area contributed by atoms with Crippen LogP contribution in [0.1, 0.15) is 17.2 Å². The zero-order valence-corrected chi connectivity index (χ0v) is 18.7. The Kier molecular flexibility index (Phi) is 7.92. The van der Waals surface area contributed by atoms with E-state index in [0.717, 1.165) is 5.56 Å². The number of hydrogen-bond donors (Lipinski definition) is 2. The van der Waals surface area contributed by atoms with E-state index in [-0.39, 0.29) is 11.5 Å². The fraction of sp³-hybridized carbons (Fsp3) is 0.167. The largest absolute Gasteiger partial charge is 0.392 e. The zero-order chi connectivity index (χ0) is 22.3. The maximum atomic E-state index is 13.5. The number of nitrogens with one attached hydrogen (secondary N) is 1. The van der Waals surface area contributed by atoms with Crippen molar-refractivity contribution in [1.29, 1.82) is 0 Å². The van der Waals surface area contributed by atoms with Crippen molar-refractivity contribution in [1.82, 2.24) is 4.72 Å². The van der Waals surface area contributed by atoms with Crippen molar-refractivity contribution in [2.45, 2.75) is 28.0 Å². The van der Waals surface area contributed by atoms with Crippen LogP contribution in [0.4, 0.5) is 0 Å². The Morgan fingerprint density at radius 3 is 2.10 bits per heavy atom. The van der Waals surface area contributed by atoms with Crippen molar-refractivity contribution >= 4 is 20.8 Å². The third-order valence-corrected chi connectivity index (χ3v) is 8.06. The highest BCUT2D eigenvalue weighted by Gasteiger charge is 2.35. The third-order valence-electron chi connectivity index (χ3n) is 4.82. The lowest BCUT2D eigenvalue weighted by Gasteiger charge is -2.26. The van der Waals surface area contributed by atoms with Crippen molar-refractivity contribution in [3.63, 3.8) is 0 Å². The smallest absolute Gasteiger partial charge is 0.186 e. The summed E-state index contributed by atoms with van der Waals surface area (Å²) in [6, 6.07) is 23.6.